The van der Waals surface area contributed by atoms with E-state index in [1.807, 2.05) is 60.7 Å². The number of aliphatic imine (C=N–C) groups is 1. The van der Waals surface area contributed by atoms with Gasteiger partial charge in [-0.05, 0) is 52.6 Å². The van der Waals surface area contributed by atoms with Crippen LogP contribution >= 0.6 is 11.6 Å². The van der Waals surface area contributed by atoms with Gasteiger partial charge < -0.3 is 10.6 Å². The fraction of sp³-hybridized carbons (Fsp3) is 0.0882. The zero-order chi connectivity index (χ0) is 28.9. The van der Waals surface area contributed by atoms with Crippen molar-refractivity contribution in [2.24, 2.45) is 4.99 Å². The van der Waals surface area contributed by atoms with E-state index in [1.165, 1.54) is 6.33 Å². The minimum absolute atomic E-state index is 0.170. The van der Waals surface area contributed by atoms with Gasteiger partial charge in [0.2, 0.25) is 11.8 Å². The van der Waals surface area contributed by atoms with Crippen LogP contribution in [0.15, 0.2) is 121 Å². The monoisotopic (exact) mass is 571 g/mol. The Hall–Kier alpha value is -5.14. The van der Waals surface area contributed by atoms with Gasteiger partial charge in [0.15, 0.2) is 0 Å². The lowest BCUT2D eigenvalue weighted by Gasteiger charge is -2.13. The number of nitrogens with one attached hydrogen (secondary N) is 2. The normalized spacial score (nSPS) is 14.3. The molecule has 1 aliphatic rings. The van der Waals surface area contributed by atoms with Crippen molar-refractivity contribution in [2.75, 3.05) is 10.6 Å². The molecule has 1 aliphatic heterocycles. The molecule has 0 spiro atoms. The van der Waals surface area contributed by atoms with Crippen molar-refractivity contribution in [1.29, 1.82) is 0 Å². The maximum Gasteiger partial charge on any atom is 0.249 e. The highest BCUT2D eigenvalue weighted by molar-refractivity contribution is 6.31. The summed E-state index contributed by atoms with van der Waals surface area (Å²) in [6.45, 7) is 0. The molecule has 7 nitrogen and oxygen atoms in total. The number of anilines is 2. The number of benzodiazepines with no additional fused rings is 1. The van der Waals surface area contributed by atoms with Gasteiger partial charge in [-0.15, -0.1) is 0 Å². The molecule has 0 radical (unpaired) electrons. The Morgan fingerprint density at radius 2 is 1.57 bits per heavy atom. The van der Waals surface area contributed by atoms with Gasteiger partial charge in [-0.2, -0.15) is 0 Å². The van der Waals surface area contributed by atoms with E-state index >= 15 is 0 Å². The first-order chi connectivity index (χ1) is 20.5. The molecule has 206 valence electrons. The van der Waals surface area contributed by atoms with Crippen molar-refractivity contribution in [3.63, 3.8) is 0 Å². The summed E-state index contributed by atoms with van der Waals surface area (Å²) < 4.78 is 0. The lowest BCUT2D eigenvalue weighted by molar-refractivity contribution is -0.117. The zero-order valence-electron chi connectivity index (χ0n) is 22.5. The molecule has 8 heteroatoms. The summed E-state index contributed by atoms with van der Waals surface area (Å²) >= 11 is 6.30. The van der Waals surface area contributed by atoms with E-state index in [4.69, 9.17) is 16.6 Å². The first-order valence-corrected chi connectivity index (χ1v) is 13.9. The number of carbonyl (C=O) groups excluding carboxylic acids is 2. The van der Waals surface area contributed by atoms with Crippen molar-refractivity contribution < 1.29 is 9.59 Å². The number of aromatic nitrogens is 2. The van der Waals surface area contributed by atoms with Gasteiger partial charge in [0.05, 0.1) is 17.8 Å². The van der Waals surface area contributed by atoms with Crippen LogP contribution in [0, 0.1) is 0 Å². The van der Waals surface area contributed by atoms with Crippen molar-refractivity contribution in [3.05, 3.63) is 143 Å². The van der Waals surface area contributed by atoms with Crippen LogP contribution < -0.4 is 10.6 Å². The maximum absolute atomic E-state index is 13.4. The number of halogens is 1. The average Bonchev–Trinajstić information content (AvgIpc) is 3.14. The van der Waals surface area contributed by atoms with Gasteiger partial charge in [0.25, 0.3) is 0 Å². The van der Waals surface area contributed by atoms with Crippen molar-refractivity contribution in [1.82, 2.24) is 9.97 Å². The Kier molecular flexibility index (Phi) is 7.83. The second-order valence-corrected chi connectivity index (χ2v) is 10.4. The number of nitrogens with zero attached hydrogens (tertiary/aromatic N) is 3. The van der Waals surface area contributed by atoms with Crippen LogP contribution in [0.1, 0.15) is 22.3 Å². The molecule has 1 aromatic heterocycles. The Labute approximate surface area is 248 Å². The smallest absolute Gasteiger partial charge is 0.249 e. The van der Waals surface area contributed by atoms with Gasteiger partial charge in [0.1, 0.15) is 12.4 Å². The van der Waals surface area contributed by atoms with Crippen molar-refractivity contribution in [3.8, 4) is 11.1 Å². The summed E-state index contributed by atoms with van der Waals surface area (Å²) in [5.41, 5.74) is 7.44. The first-order valence-electron chi connectivity index (χ1n) is 13.5. The molecule has 2 amide bonds. The highest BCUT2D eigenvalue weighted by Crippen LogP contribution is 2.29. The van der Waals surface area contributed by atoms with E-state index in [0.29, 0.717) is 28.5 Å². The van der Waals surface area contributed by atoms with Crippen LogP contribution in [0.25, 0.3) is 11.1 Å². The molecule has 5 aromatic rings. The molecule has 2 heterocycles. The fourth-order valence-electron chi connectivity index (χ4n) is 4.95. The van der Waals surface area contributed by atoms with E-state index in [9.17, 15) is 9.59 Å². The topological polar surface area (TPSA) is 96.3 Å². The third-order valence-corrected chi connectivity index (χ3v) is 7.20. The number of fused-ring (bicyclic) bond motifs is 1. The molecule has 2 N–H and O–H groups in total. The number of amides is 2. The molecule has 6 rings (SSSR count). The molecule has 4 aromatic carbocycles. The maximum atomic E-state index is 13.4. The van der Waals surface area contributed by atoms with Crippen LogP contribution in [0.4, 0.5) is 11.4 Å². The van der Waals surface area contributed by atoms with E-state index in [1.54, 1.807) is 24.5 Å². The number of benzene rings is 4. The van der Waals surface area contributed by atoms with Crippen molar-refractivity contribution in [2.45, 2.75) is 18.9 Å². The molecule has 0 saturated carbocycles. The number of rotatable bonds is 7. The summed E-state index contributed by atoms with van der Waals surface area (Å²) in [6, 6.07) is 30.5. The Morgan fingerprint density at radius 3 is 2.36 bits per heavy atom. The molecule has 0 bridgehead atoms. The lowest BCUT2D eigenvalue weighted by Crippen LogP contribution is -2.27. The summed E-state index contributed by atoms with van der Waals surface area (Å²) in [4.78, 5) is 38.9. The van der Waals surface area contributed by atoms with E-state index in [-0.39, 0.29) is 18.2 Å². The Bertz CT molecular complexity index is 1770. The largest absolute Gasteiger partial charge is 0.326 e. The standard InChI is InChI=1S/C34H26ClN5O2/c35-27-11-14-29-30(18-27)40-34(42)31(16-22-5-4-8-26(15-22)24-6-2-1-3-7-24)39-33(29)25-9-12-28(13-10-25)38-32(41)17-23-19-36-21-37-20-23/h1-15,18-21,31H,16-17H2,(H,38,41)(H,40,42). The molecule has 1 unspecified atom stereocenters. The number of carbonyl (C=O) groups is 2. The molecule has 0 fully saturated rings. The lowest BCUT2D eigenvalue weighted by atomic mass is 9.98. The third kappa shape index (κ3) is 6.27. The molecule has 0 aliphatic carbocycles. The molecular formula is C34H26ClN5O2. The van der Waals surface area contributed by atoms with Gasteiger partial charge in [0, 0.05) is 40.7 Å². The Balaban J connectivity index is 1.28. The second-order valence-electron chi connectivity index (χ2n) is 9.99. The summed E-state index contributed by atoms with van der Waals surface area (Å²) in [5.74, 6) is -0.371. The predicted molar refractivity (Wildman–Crippen MR) is 166 cm³/mol. The molecule has 0 saturated heterocycles. The minimum Gasteiger partial charge on any atom is -0.326 e. The summed E-state index contributed by atoms with van der Waals surface area (Å²) in [7, 11) is 0. The fourth-order valence-corrected chi connectivity index (χ4v) is 5.12. The second kappa shape index (κ2) is 12.2. The van der Waals surface area contributed by atoms with Gasteiger partial charge in [-0.1, -0.05) is 78.3 Å². The van der Waals surface area contributed by atoms with Crippen molar-refractivity contribution >= 4 is 40.5 Å². The van der Waals surface area contributed by atoms with Crippen LogP contribution in [0.2, 0.25) is 5.02 Å². The quantitative estimate of drug-likeness (QED) is 0.237. The average molecular weight is 572 g/mol. The molecule has 42 heavy (non-hydrogen) atoms. The predicted octanol–water partition coefficient (Wildman–Crippen LogP) is 6.38. The zero-order valence-corrected chi connectivity index (χ0v) is 23.3. The van der Waals surface area contributed by atoms with Gasteiger partial charge in [-0.3, -0.25) is 14.6 Å². The Morgan fingerprint density at radius 1 is 0.810 bits per heavy atom. The van der Waals surface area contributed by atoms with Gasteiger partial charge in [-0.25, -0.2) is 9.97 Å². The highest BCUT2D eigenvalue weighted by atomic mass is 35.5. The minimum atomic E-state index is -0.662. The van der Waals surface area contributed by atoms with E-state index in [0.717, 1.165) is 33.4 Å². The summed E-state index contributed by atoms with van der Waals surface area (Å²) in [6.07, 6.45) is 5.26. The van der Waals surface area contributed by atoms with E-state index in [2.05, 4.69) is 44.9 Å². The van der Waals surface area contributed by atoms with Crippen LogP contribution in [-0.4, -0.2) is 33.5 Å². The highest BCUT2D eigenvalue weighted by Gasteiger charge is 2.26. The van der Waals surface area contributed by atoms with Crippen LogP contribution in [-0.2, 0) is 22.4 Å². The number of hydrogen-bond donors (Lipinski definition) is 2. The van der Waals surface area contributed by atoms with Gasteiger partial charge >= 0.3 is 0 Å². The molecule has 1 atom stereocenters. The number of hydrogen-bond acceptors (Lipinski definition) is 5. The van der Waals surface area contributed by atoms with Crippen LogP contribution in [0.5, 0.6) is 0 Å². The summed E-state index contributed by atoms with van der Waals surface area (Å²) in [5, 5.41) is 6.46. The first kappa shape index (κ1) is 27.1. The van der Waals surface area contributed by atoms with Crippen LogP contribution in [0.3, 0.4) is 0 Å². The molecular weight excluding hydrogens is 546 g/mol. The van der Waals surface area contributed by atoms with E-state index < -0.39 is 6.04 Å². The SMILES string of the molecule is O=C(Cc1cncnc1)Nc1ccc(C2=NC(Cc3cccc(-c4ccccc4)c3)C(=O)Nc3cc(Cl)ccc32)cc1. The third-order valence-electron chi connectivity index (χ3n) is 6.97.